The van der Waals surface area contributed by atoms with Crippen LogP contribution in [0.2, 0.25) is 0 Å². The molecule has 1 aromatic carbocycles. The molecule has 0 aliphatic heterocycles. The molecule has 0 saturated carbocycles. The molecule has 0 fully saturated rings. The summed E-state index contributed by atoms with van der Waals surface area (Å²) in [5.74, 6) is 3.66. The average Bonchev–Trinajstić information content (AvgIpc) is 2.36. The summed E-state index contributed by atoms with van der Waals surface area (Å²) in [6.45, 7) is 6.15. The van der Waals surface area contributed by atoms with E-state index >= 15 is 0 Å². The highest BCUT2D eigenvalue weighted by Crippen LogP contribution is 2.28. The molecule has 0 saturated heterocycles. The third kappa shape index (κ3) is 3.51. The quantitative estimate of drug-likeness (QED) is 0.786. The first kappa shape index (κ1) is 13.6. The molecule has 0 amide bonds. The Bertz CT molecular complexity index is 404. The summed E-state index contributed by atoms with van der Waals surface area (Å²) in [6, 6.07) is 8.25. The van der Waals surface area contributed by atoms with Gasteiger partial charge in [-0.3, -0.25) is 5.32 Å². The maximum atomic E-state index is 5.51. The first-order valence-corrected chi connectivity index (χ1v) is 5.92. The van der Waals surface area contributed by atoms with Crippen molar-refractivity contribution in [1.82, 2.24) is 5.32 Å². The van der Waals surface area contributed by atoms with Crippen molar-refractivity contribution >= 4 is 0 Å². The molecular weight excluding hydrogens is 210 g/mol. The second-order valence-corrected chi connectivity index (χ2v) is 4.62. The normalized spacial score (nSPS) is 12.9. The lowest BCUT2D eigenvalue weighted by Crippen LogP contribution is -2.40. The van der Waals surface area contributed by atoms with Crippen LogP contribution in [-0.4, -0.2) is 12.6 Å². The van der Waals surface area contributed by atoms with E-state index in [1.54, 1.807) is 7.11 Å². The zero-order valence-electron chi connectivity index (χ0n) is 11.1. The van der Waals surface area contributed by atoms with Crippen LogP contribution >= 0.6 is 0 Å². The van der Waals surface area contributed by atoms with Gasteiger partial charge in [-0.15, -0.1) is 6.42 Å². The number of rotatable bonds is 5. The number of methoxy groups -OCH3 is 1. The largest absolute Gasteiger partial charge is 0.496 e. The lowest BCUT2D eigenvalue weighted by molar-refractivity contribution is 0.371. The Morgan fingerprint density at radius 2 is 2.06 bits per heavy atom. The maximum absolute atomic E-state index is 5.51. The molecule has 1 rings (SSSR count). The van der Waals surface area contributed by atoms with Gasteiger partial charge in [0.05, 0.1) is 12.6 Å². The predicted molar refractivity (Wildman–Crippen MR) is 72.1 cm³/mol. The van der Waals surface area contributed by atoms with Gasteiger partial charge in [-0.2, -0.15) is 0 Å². The van der Waals surface area contributed by atoms with Crippen LogP contribution in [-0.2, 0) is 0 Å². The molecule has 0 aliphatic carbocycles. The van der Waals surface area contributed by atoms with Gasteiger partial charge in [0, 0.05) is 11.6 Å². The van der Waals surface area contributed by atoms with Crippen molar-refractivity contribution < 1.29 is 4.74 Å². The lowest BCUT2D eigenvalue weighted by Gasteiger charge is -2.28. The molecule has 1 atom stereocenters. The van der Waals surface area contributed by atoms with Crippen molar-refractivity contribution in [2.45, 2.75) is 38.8 Å². The molecule has 1 unspecified atom stereocenters. The van der Waals surface area contributed by atoms with Crippen LogP contribution in [0.1, 0.15) is 38.8 Å². The summed E-state index contributed by atoms with van der Waals surface area (Å²) in [5, 5.41) is 3.47. The summed E-state index contributed by atoms with van der Waals surface area (Å²) < 4.78 is 5.38. The molecule has 1 N–H and O–H groups in total. The molecule has 92 valence electrons. The van der Waals surface area contributed by atoms with E-state index in [4.69, 9.17) is 11.2 Å². The van der Waals surface area contributed by atoms with E-state index in [0.717, 1.165) is 17.7 Å². The Hall–Kier alpha value is -1.46. The molecule has 0 aliphatic rings. The summed E-state index contributed by atoms with van der Waals surface area (Å²) in [6.07, 6.45) is 6.48. The van der Waals surface area contributed by atoms with Crippen LogP contribution in [0.15, 0.2) is 24.3 Å². The lowest BCUT2D eigenvalue weighted by atomic mass is 9.98. The van der Waals surface area contributed by atoms with Gasteiger partial charge >= 0.3 is 0 Å². The van der Waals surface area contributed by atoms with Crippen molar-refractivity contribution in [3.05, 3.63) is 29.8 Å². The van der Waals surface area contributed by atoms with Gasteiger partial charge in [0.1, 0.15) is 5.75 Å². The van der Waals surface area contributed by atoms with E-state index in [1.807, 2.05) is 32.0 Å². The monoisotopic (exact) mass is 231 g/mol. The fourth-order valence-corrected chi connectivity index (χ4v) is 1.83. The number of benzene rings is 1. The van der Waals surface area contributed by atoms with Crippen LogP contribution in [0.4, 0.5) is 0 Å². The Morgan fingerprint density at radius 3 is 2.59 bits per heavy atom. The van der Waals surface area contributed by atoms with Gasteiger partial charge in [0.25, 0.3) is 0 Å². The van der Waals surface area contributed by atoms with Gasteiger partial charge in [0.15, 0.2) is 0 Å². The smallest absolute Gasteiger partial charge is 0.123 e. The van der Waals surface area contributed by atoms with Gasteiger partial charge in [-0.1, -0.05) is 31.0 Å². The van der Waals surface area contributed by atoms with Crippen LogP contribution in [0.3, 0.4) is 0 Å². The number of ether oxygens (including phenoxy) is 1. The van der Waals surface area contributed by atoms with E-state index < -0.39 is 0 Å². The van der Waals surface area contributed by atoms with E-state index in [-0.39, 0.29) is 11.6 Å². The van der Waals surface area contributed by atoms with E-state index in [9.17, 15) is 0 Å². The molecule has 17 heavy (non-hydrogen) atoms. The minimum absolute atomic E-state index is 0.206. The summed E-state index contributed by atoms with van der Waals surface area (Å²) in [7, 11) is 1.69. The molecular formula is C15H21NO. The summed E-state index contributed by atoms with van der Waals surface area (Å²) in [5.41, 5.74) is 0.836. The zero-order valence-corrected chi connectivity index (χ0v) is 11.1. The molecule has 0 radical (unpaired) electrons. The highest BCUT2D eigenvalue weighted by atomic mass is 16.5. The molecule has 1 aromatic rings. The van der Waals surface area contributed by atoms with Gasteiger partial charge in [-0.05, 0) is 26.3 Å². The topological polar surface area (TPSA) is 21.3 Å². The molecule has 0 heterocycles. The van der Waals surface area contributed by atoms with Gasteiger partial charge in [-0.25, -0.2) is 0 Å². The Morgan fingerprint density at radius 1 is 1.41 bits per heavy atom. The van der Waals surface area contributed by atoms with Crippen molar-refractivity contribution in [3.8, 4) is 18.1 Å². The predicted octanol–water partition coefficient (Wildman–Crippen LogP) is 3.15. The Kier molecular flexibility index (Phi) is 4.60. The van der Waals surface area contributed by atoms with E-state index in [0.29, 0.717) is 0 Å². The van der Waals surface area contributed by atoms with Crippen molar-refractivity contribution in [2.24, 2.45) is 0 Å². The fourth-order valence-electron chi connectivity index (χ4n) is 1.83. The third-order valence-corrected chi connectivity index (χ3v) is 2.82. The number of terminal acetylenes is 1. The molecule has 0 spiro atoms. The summed E-state index contributed by atoms with van der Waals surface area (Å²) in [4.78, 5) is 0. The highest BCUT2D eigenvalue weighted by Gasteiger charge is 2.21. The van der Waals surface area contributed by atoms with Crippen LogP contribution < -0.4 is 10.1 Å². The van der Waals surface area contributed by atoms with Crippen molar-refractivity contribution in [2.75, 3.05) is 7.11 Å². The zero-order chi connectivity index (χ0) is 12.9. The second-order valence-electron chi connectivity index (χ2n) is 4.62. The van der Waals surface area contributed by atoms with Crippen LogP contribution in [0, 0.1) is 12.3 Å². The Labute approximate surface area is 104 Å². The first-order valence-electron chi connectivity index (χ1n) is 5.92. The van der Waals surface area contributed by atoms with Crippen molar-refractivity contribution in [3.63, 3.8) is 0 Å². The van der Waals surface area contributed by atoms with E-state index in [2.05, 4.69) is 24.2 Å². The van der Waals surface area contributed by atoms with Gasteiger partial charge in [0.2, 0.25) is 0 Å². The third-order valence-electron chi connectivity index (χ3n) is 2.82. The Balaban J connectivity index is 2.98. The fraction of sp³-hybridized carbons (Fsp3) is 0.467. The van der Waals surface area contributed by atoms with Gasteiger partial charge < -0.3 is 4.74 Å². The first-order chi connectivity index (χ1) is 8.04. The number of para-hydroxylation sites is 1. The minimum Gasteiger partial charge on any atom is -0.496 e. The molecule has 2 heteroatoms. The average molecular weight is 231 g/mol. The number of hydrogen-bond acceptors (Lipinski definition) is 2. The standard InChI is InChI=1S/C15H21NO/c1-6-13(16-15(3,4)7-2)12-10-8-9-11-14(12)17-5/h2,8-11,13,16H,6H2,1,3-5H3. The highest BCUT2D eigenvalue weighted by molar-refractivity contribution is 5.36. The molecule has 0 bridgehead atoms. The number of hydrogen-bond donors (Lipinski definition) is 1. The van der Waals surface area contributed by atoms with E-state index in [1.165, 1.54) is 0 Å². The molecule has 2 nitrogen and oxygen atoms in total. The second kappa shape index (κ2) is 5.75. The number of nitrogens with one attached hydrogen (secondary N) is 1. The minimum atomic E-state index is -0.318. The molecule has 0 aromatic heterocycles. The summed E-state index contributed by atoms with van der Waals surface area (Å²) >= 11 is 0. The van der Waals surface area contributed by atoms with Crippen LogP contribution in [0.25, 0.3) is 0 Å². The maximum Gasteiger partial charge on any atom is 0.123 e. The SMILES string of the molecule is C#CC(C)(C)NC(CC)c1ccccc1OC. The van der Waals surface area contributed by atoms with Crippen LogP contribution in [0.5, 0.6) is 5.75 Å². The van der Waals surface area contributed by atoms with Crippen molar-refractivity contribution in [1.29, 1.82) is 0 Å².